The lowest BCUT2D eigenvalue weighted by molar-refractivity contribution is 0.195. The van der Waals surface area contributed by atoms with Crippen LogP contribution in [0.3, 0.4) is 0 Å². The molecule has 2 heteroatoms. The number of nitrogens with zero attached hydrogens (tertiary/aromatic N) is 1. The number of fused-ring (bicyclic) bond motifs is 1. The number of likely N-dealkylation sites (tertiary alicyclic amines) is 1. The molecule has 1 unspecified atom stereocenters. The van der Waals surface area contributed by atoms with Crippen LogP contribution in [0.4, 0.5) is 5.69 Å². The summed E-state index contributed by atoms with van der Waals surface area (Å²) in [6, 6.07) is 7.15. The lowest BCUT2D eigenvalue weighted by Gasteiger charge is -2.29. The fourth-order valence-corrected chi connectivity index (χ4v) is 3.75. The average Bonchev–Trinajstić information content (AvgIpc) is 2.67. The zero-order chi connectivity index (χ0) is 13.5. The highest BCUT2D eigenvalue weighted by Gasteiger charge is 2.31. The van der Waals surface area contributed by atoms with Gasteiger partial charge in [-0.15, -0.1) is 0 Å². The maximum Gasteiger partial charge on any atom is 0.0354 e. The van der Waals surface area contributed by atoms with E-state index in [1.807, 2.05) is 0 Å². The predicted octanol–water partition coefficient (Wildman–Crippen LogP) is 3.77. The Hall–Kier alpha value is -1.02. The van der Waals surface area contributed by atoms with Gasteiger partial charge in [0.25, 0.3) is 0 Å². The van der Waals surface area contributed by atoms with E-state index in [1.165, 1.54) is 56.3 Å². The Balaban J connectivity index is 1.78. The molecule has 104 valence electrons. The molecule has 1 aromatic rings. The Kier molecular flexibility index (Phi) is 3.30. The quantitative estimate of drug-likeness (QED) is 0.777. The summed E-state index contributed by atoms with van der Waals surface area (Å²) in [7, 11) is 0. The number of nitrogen functional groups attached to an aromatic ring is 1. The van der Waals surface area contributed by atoms with Gasteiger partial charge in [-0.2, -0.15) is 0 Å². The Morgan fingerprint density at radius 1 is 1.21 bits per heavy atom. The molecule has 0 spiro atoms. The topological polar surface area (TPSA) is 29.3 Å². The van der Waals surface area contributed by atoms with Crippen molar-refractivity contribution in [2.45, 2.75) is 52.0 Å². The van der Waals surface area contributed by atoms with Crippen molar-refractivity contribution < 1.29 is 0 Å². The fourth-order valence-electron chi connectivity index (χ4n) is 3.75. The molecule has 1 heterocycles. The normalized spacial score (nSPS) is 26.9. The van der Waals surface area contributed by atoms with Crippen LogP contribution in [0, 0.1) is 5.41 Å². The highest BCUT2D eigenvalue weighted by molar-refractivity contribution is 5.47. The molecule has 2 nitrogen and oxygen atoms in total. The molecule has 1 atom stereocenters. The minimum absolute atomic E-state index is 0.525. The summed E-state index contributed by atoms with van der Waals surface area (Å²) in [6.07, 6.45) is 6.51. The van der Waals surface area contributed by atoms with E-state index in [4.69, 9.17) is 5.73 Å². The van der Waals surface area contributed by atoms with Crippen LogP contribution in [-0.4, -0.2) is 18.0 Å². The smallest absolute Gasteiger partial charge is 0.0354 e. The second kappa shape index (κ2) is 4.82. The van der Waals surface area contributed by atoms with Crippen molar-refractivity contribution in [2.24, 2.45) is 5.41 Å². The molecule has 1 aromatic carbocycles. The molecule has 1 aliphatic heterocycles. The Morgan fingerprint density at radius 3 is 2.89 bits per heavy atom. The molecule has 1 saturated heterocycles. The largest absolute Gasteiger partial charge is 0.399 e. The van der Waals surface area contributed by atoms with Crippen molar-refractivity contribution in [3.05, 3.63) is 29.3 Å². The lowest BCUT2D eigenvalue weighted by atomic mass is 9.85. The highest BCUT2D eigenvalue weighted by atomic mass is 15.2. The van der Waals surface area contributed by atoms with E-state index >= 15 is 0 Å². The molecule has 1 fully saturated rings. The first-order valence-corrected chi connectivity index (χ1v) is 7.67. The van der Waals surface area contributed by atoms with Crippen molar-refractivity contribution in [2.75, 3.05) is 18.8 Å². The number of benzene rings is 1. The monoisotopic (exact) mass is 258 g/mol. The number of anilines is 1. The zero-order valence-corrected chi connectivity index (χ0v) is 12.3. The van der Waals surface area contributed by atoms with Crippen LogP contribution in [0.15, 0.2) is 18.2 Å². The molecule has 2 aliphatic rings. The van der Waals surface area contributed by atoms with E-state index in [2.05, 4.69) is 36.9 Å². The molecule has 3 rings (SSSR count). The number of rotatable bonds is 1. The minimum Gasteiger partial charge on any atom is -0.399 e. The van der Waals surface area contributed by atoms with Crippen LogP contribution in [0.25, 0.3) is 0 Å². The summed E-state index contributed by atoms with van der Waals surface area (Å²) >= 11 is 0. The third-order valence-corrected chi connectivity index (χ3v) is 5.03. The van der Waals surface area contributed by atoms with Crippen LogP contribution in [0.5, 0.6) is 0 Å². The van der Waals surface area contributed by atoms with E-state index in [1.54, 1.807) is 0 Å². The first-order chi connectivity index (χ1) is 9.05. The first-order valence-electron chi connectivity index (χ1n) is 7.67. The van der Waals surface area contributed by atoms with E-state index in [0.29, 0.717) is 11.5 Å². The summed E-state index contributed by atoms with van der Waals surface area (Å²) in [5.41, 5.74) is 10.4. The maximum atomic E-state index is 5.90. The number of aryl methyl sites for hydroxylation is 1. The Morgan fingerprint density at radius 2 is 2.05 bits per heavy atom. The number of hydrogen-bond donors (Lipinski definition) is 1. The van der Waals surface area contributed by atoms with Gasteiger partial charge in [-0.1, -0.05) is 19.9 Å². The van der Waals surface area contributed by atoms with Gasteiger partial charge in [0.2, 0.25) is 0 Å². The van der Waals surface area contributed by atoms with E-state index in [9.17, 15) is 0 Å². The van der Waals surface area contributed by atoms with E-state index in [-0.39, 0.29) is 0 Å². The summed E-state index contributed by atoms with van der Waals surface area (Å²) in [6.45, 7) is 7.35. The first kappa shape index (κ1) is 13.0. The molecule has 0 bridgehead atoms. The molecule has 0 aromatic heterocycles. The third kappa shape index (κ3) is 2.64. The molecule has 19 heavy (non-hydrogen) atoms. The van der Waals surface area contributed by atoms with Crippen LogP contribution in [-0.2, 0) is 6.42 Å². The van der Waals surface area contributed by atoms with Crippen molar-refractivity contribution in [1.82, 2.24) is 4.90 Å². The van der Waals surface area contributed by atoms with Crippen molar-refractivity contribution >= 4 is 5.69 Å². The zero-order valence-electron chi connectivity index (χ0n) is 12.3. The summed E-state index contributed by atoms with van der Waals surface area (Å²) in [4.78, 5) is 2.72. The van der Waals surface area contributed by atoms with Gasteiger partial charge < -0.3 is 5.73 Å². The average molecular weight is 258 g/mol. The van der Waals surface area contributed by atoms with E-state index < -0.39 is 0 Å². The van der Waals surface area contributed by atoms with Crippen molar-refractivity contribution in [3.63, 3.8) is 0 Å². The van der Waals surface area contributed by atoms with Crippen LogP contribution in [0.1, 0.15) is 56.7 Å². The molecule has 1 aliphatic carbocycles. The summed E-state index contributed by atoms with van der Waals surface area (Å²) < 4.78 is 0. The van der Waals surface area contributed by atoms with Crippen LogP contribution < -0.4 is 5.73 Å². The van der Waals surface area contributed by atoms with Gasteiger partial charge in [-0.25, -0.2) is 0 Å². The second-order valence-corrected chi connectivity index (χ2v) is 7.07. The number of nitrogens with two attached hydrogens (primary N) is 1. The van der Waals surface area contributed by atoms with Gasteiger partial charge in [-0.3, -0.25) is 4.90 Å². The summed E-state index contributed by atoms with van der Waals surface area (Å²) in [5.74, 6) is 0. The molecular formula is C17H26N2. The molecule has 0 amide bonds. The van der Waals surface area contributed by atoms with Gasteiger partial charge in [0.1, 0.15) is 0 Å². The molecule has 0 radical (unpaired) electrons. The van der Waals surface area contributed by atoms with Gasteiger partial charge in [0, 0.05) is 11.7 Å². The second-order valence-electron chi connectivity index (χ2n) is 7.07. The standard InChI is InChI=1S/C17H26N2/c1-17(2)8-3-10-19(11-9-17)16-7-4-13-12-14(18)5-6-15(13)16/h5-6,12,16H,3-4,7-11,18H2,1-2H3. The van der Waals surface area contributed by atoms with Crippen LogP contribution >= 0.6 is 0 Å². The SMILES string of the molecule is CC1(C)CCCN(C2CCc3cc(N)ccc32)CC1. The van der Waals surface area contributed by atoms with Gasteiger partial charge in [0.15, 0.2) is 0 Å². The molecular weight excluding hydrogens is 232 g/mol. The van der Waals surface area contributed by atoms with Gasteiger partial charge >= 0.3 is 0 Å². The minimum atomic E-state index is 0.525. The Labute approximate surface area is 117 Å². The third-order valence-electron chi connectivity index (χ3n) is 5.03. The highest BCUT2D eigenvalue weighted by Crippen LogP contribution is 2.39. The van der Waals surface area contributed by atoms with Gasteiger partial charge in [-0.05, 0) is 73.9 Å². The van der Waals surface area contributed by atoms with Crippen LogP contribution in [0.2, 0.25) is 0 Å². The predicted molar refractivity (Wildman–Crippen MR) is 81.1 cm³/mol. The molecule has 0 saturated carbocycles. The van der Waals surface area contributed by atoms with Crippen molar-refractivity contribution in [1.29, 1.82) is 0 Å². The Bertz CT molecular complexity index is 464. The van der Waals surface area contributed by atoms with E-state index in [0.717, 1.165) is 5.69 Å². The summed E-state index contributed by atoms with van der Waals surface area (Å²) in [5, 5.41) is 0. The van der Waals surface area contributed by atoms with Crippen molar-refractivity contribution in [3.8, 4) is 0 Å². The fraction of sp³-hybridized carbons (Fsp3) is 0.647. The van der Waals surface area contributed by atoms with Gasteiger partial charge in [0.05, 0.1) is 0 Å². The number of hydrogen-bond acceptors (Lipinski definition) is 2. The molecule has 2 N–H and O–H groups in total. The lowest BCUT2D eigenvalue weighted by Crippen LogP contribution is -2.29. The maximum absolute atomic E-state index is 5.90.